The number of hydrogen-bond acceptors (Lipinski definition) is 5. The van der Waals surface area contributed by atoms with Crippen LogP contribution in [0, 0.1) is 0 Å². The number of aromatic carboxylic acids is 1. The Bertz CT molecular complexity index is 570. The van der Waals surface area contributed by atoms with Crippen LogP contribution in [0.2, 0.25) is 0 Å². The molecular formula is C12H15N3O3S. The SMILES string of the molecule is CC(C)(O)CCn1nnc(C(=O)O)c1-c1cccs1. The molecule has 0 radical (unpaired) electrons. The number of aromatic nitrogens is 3. The highest BCUT2D eigenvalue weighted by molar-refractivity contribution is 7.13. The molecule has 0 saturated heterocycles. The molecule has 2 aromatic heterocycles. The summed E-state index contributed by atoms with van der Waals surface area (Å²) in [5.41, 5.74) is -0.396. The van der Waals surface area contributed by atoms with Gasteiger partial charge in [-0.2, -0.15) is 0 Å². The van der Waals surface area contributed by atoms with Crippen LogP contribution in [0.25, 0.3) is 10.6 Å². The minimum atomic E-state index is -1.10. The van der Waals surface area contributed by atoms with E-state index in [1.807, 2.05) is 17.5 Å². The van der Waals surface area contributed by atoms with Gasteiger partial charge in [-0.25, -0.2) is 9.48 Å². The highest BCUT2D eigenvalue weighted by Gasteiger charge is 2.22. The second kappa shape index (κ2) is 5.10. The van der Waals surface area contributed by atoms with E-state index in [-0.39, 0.29) is 5.69 Å². The Hall–Kier alpha value is -1.73. The summed E-state index contributed by atoms with van der Waals surface area (Å²) in [4.78, 5) is 12.0. The van der Waals surface area contributed by atoms with Crippen molar-refractivity contribution < 1.29 is 15.0 Å². The molecule has 0 bridgehead atoms. The maximum atomic E-state index is 11.2. The quantitative estimate of drug-likeness (QED) is 0.873. The molecule has 0 aliphatic heterocycles. The first-order valence-electron chi connectivity index (χ1n) is 5.81. The number of carboxylic acids is 1. The number of rotatable bonds is 5. The summed E-state index contributed by atoms with van der Waals surface area (Å²) < 4.78 is 1.53. The van der Waals surface area contributed by atoms with Gasteiger partial charge in [0.15, 0.2) is 5.69 Å². The van der Waals surface area contributed by atoms with E-state index in [1.54, 1.807) is 13.8 Å². The first-order chi connectivity index (χ1) is 8.88. The van der Waals surface area contributed by atoms with E-state index in [4.69, 9.17) is 5.11 Å². The maximum Gasteiger partial charge on any atom is 0.358 e. The molecule has 0 fully saturated rings. The zero-order valence-electron chi connectivity index (χ0n) is 10.7. The van der Waals surface area contributed by atoms with Crippen LogP contribution in [0.4, 0.5) is 0 Å². The minimum absolute atomic E-state index is 0.0572. The first-order valence-corrected chi connectivity index (χ1v) is 6.69. The average molecular weight is 281 g/mol. The molecule has 19 heavy (non-hydrogen) atoms. The van der Waals surface area contributed by atoms with E-state index in [1.165, 1.54) is 16.0 Å². The highest BCUT2D eigenvalue weighted by atomic mass is 32.1. The van der Waals surface area contributed by atoms with Crippen LogP contribution in [-0.2, 0) is 6.54 Å². The number of thiophene rings is 1. The molecule has 0 saturated carbocycles. The van der Waals surface area contributed by atoms with Crippen LogP contribution in [0.1, 0.15) is 30.8 Å². The predicted molar refractivity (Wildman–Crippen MR) is 71.2 cm³/mol. The molecular weight excluding hydrogens is 266 g/mol. The third kappa shape index (κ3) is 3.18. The van der Waals surface area contributed by atoms with Gasteiger partial charge < -0.3 is 10.2 Å². The molecule has 0 aliphatic carbocycles. The largest absolute Gasteiger partial charge is 0.476 e. The van der Waals surface area contributed by atoms with Crippen molar-refractivity contribution in [2.45, 2.75) is 32.4 Å². The topological polar surface area (TPSA) is 88.2 Å². The minimum Gasteiger partial charge on any atom is -0.476 e. The molecule has 2 heterocycles. The van der Waals surface area contributed by atoms with Gasteiger partial charge in [0.2, 0.25) is 0 Å². The van der Waals surface area contributed by atoms with Gasteiger partial charge in [-0.05, 0) is 31.7 Å². The van der Waals surface area contributed by atoms with Gasteiger partial charge in [0.05, 0.1) is 10.5 Å². The van der Waals surface area contributed by atoms with Gasteiger partial charge in [-0.3, -0.25) is 0 Å². The molecule has 0 spiro atoms. The van der Waals surface area contributed by atoms with Crippen molar-refractivity contribution >= 4 is 17.3 Å². The summed E-state index contributed by atoms with van der Waals surface area (Å²) in [7, 11) is 0. The fourth-order valence-electron chi connectivity index (χ4n) is 1.65. The van der Waals surface area contributed by atoms with Crippen molar-refractivity contribution in [3.05, 3.63) is 23.2 Å². The van der Waals surface area contributed by atoms with Crippen molar-refractivity contribution in [2.24, 2.45) is 0 Å². The summed E-state index contributed by atoms with van der Waals surface area (Å²) in [5, 5.41) is 28.3. The van der Waals surface area contributed by atoms with Crippen molar-refractivity contribution in [1.29, 1.82) is 0 Å². The van der Waals surface area contributed by atoms with Crippen LogP contribution >= 0.6 is 11.3 Å². The van der Waals surface area contributed by atoms with Crippen LogP contribution in [-0.4, -0.2) is 36.8 Å². The Balaban J connectivity index is 2.37. The molecule has 2 aromatic rings. The molecule has 2 rings (SSSR count). The highest BCUT2D eigenvalue weighted by Crippen LogP contribution is 2.27. The monoisotopic (exact) mass is 281 g/mol. The van der Waals surface area contributed by atoms with Crippen LogP contribution in [0.15, 0.2) is 17.5 Å². The summed E-state index contributed by atoms with van der Waals surface area (Å²) in [5.74, 6) is -1.10. The van der Waals surface area contributed by atoms with E-state index in [9.17, 15) is 9.90 Å². The Kier molecular flexibility index (Phi) is 3.68. The Morgan fingerprint density at radius 1 is 1.53 bits per heavy atom. The lowest BCUT2D eigenvalue weighted by atomic mass is 10.1. The van der Waals surface area contributed by atoms with E-state index in [0.717, 1.165) is 4.88 Å². The molecule has 102 valence electrons. The fourth-order valence-corrected chi connectivity index (χ4v) is 2.42. The average Bonchev–Trinajstić information content (AvgIpc) is 2.93. The zero-order chi connectivity index (χ0) is 14.0. The second-order valence-corrected chi connectivity index (χ2v) is 5.80. The van der Waals surface area contributed by atoms with Gasteiger partial charge in [0.1, 0.15) is 5.69 Å². The predicted octanol–water partition coefficient (Wildman–Crippen LogP) is 1.87. The van der Waals surface area contributed by atoms with Crippen LogP contribution in [0.3, 0.4) is 0 Å². The standard InChI is InChI=1S/C12H15N3O3S/c1-12(2,18)5-6-15-10(8-4-3-7-19-8)9(11(16)17)13-14-15/h3-4,7,18H,5-6H2,1-2H3,(H,16,17). The van der Waals surface area contributed by atoms with Crippen molar-refractivity contribution in [3.8, 4) is 10.6 Å². The van der Waals surface area contributed by atoms with Crippen molar-refractivity contribution in [2.75, 3.05) is 0 Å². The Morgan fingerprint density at radius 2 is 2.26 bits per heavy atom. The number of nitrogens with zero attached hydrogens (tertiary/aromatic N) is 3. The molecule has 0 atom stereocenters. The normalized spacial score (nSPS) is 11.7. The molecule has 6 nitrogen and oxygen atoms in total. The Morgan fingerprint density at radius 3 is 2.79 bits per heavy atom. The summed E-state index contributed by atoms with van der Waals surface area (Å²) in [6.45, 7) is 3.82. The zero-order valence-corrected chi connectivity index (χ0v) is 11.5. The molecule has 2 N–H and O–H groups in total. The van der Waals surface area contributed by atoms with E-state index in [2.05, 4.69) is 10.3 Å². The third-order valence-electron chi connectivity index (χ3n) is 2.63. The fraction of sp³-hybridized carbons (Fsp3) is 0.417. The number of hydrogen-bond donors (Lipinski definition) is 2. The van der Waals surface area contributed by atoms with E-state index < -0.39 is 11.6 Å². The summed E-state index contributed by atoms with van der Waals surface area (Å²) >= 11 is 1.43. The molecule has 0 aliphatic rings. The second-order valence-electron chi connectivity index (χ2n) is 4.85. The third-order valence-corrected chi connectivity index (χ3v) is 3.50. The lowest BCUT2D eigenvalue weighted by Crippen LogP contribution is -2.21. The Labute approximate surface area is 114 Å². The summed E-state index contributed by atoms with van der Waals surface area (Å²) in [6.07, 6.45) is 0.466. The number of aryl methyl sites for hydroxylation is 1. The maximum absolute atomic E-state index is 11.2. The smallest absolute Gasteiger partial charge is 0.358 e. The molecule has 0 amide bonds. The van der Waals surface area contributed by atoms with Crippen LogP contribution in [0.5, 0.6) is 0 Å². The first kappa shape index (κ1) is 13.7. The lowest BCUT2D eigenvalue weighted by molar-refractivity contribution is 0.0650. The summed E-state index contributed by atoms with van der Waals surface area (Å²) in [6, 6.07) is 3.68. The van der Waals surface area contributed by atoms with Gasteiger partial charge in [-0.1, -0.05) is 11.3 Å². The molecule has 0 aromatic carbocycles. The van der Waals surface area contributed by atoms with Crippen molar-refractivity contribution in [1.82, 2.24) is 15.0 Å². The number of carbonyl (C=O) groups is 1. The van der Waals surface area contributed by atoms with Gasteiger partial charge in [-0.15, -0.1) is 16.4 Å². The van der Waals surface area contributed by atoms with E-state index >= 15 is 0 Å². The van der Waals surface area contributed by atoms with Gasteiger partial charge in [0.25, 0.3) is 0 Å². The van der Waals surface area contributed by atoms with Crippen molar-refractivity contribution in [3.63, 3.8) is 0 Å². The van der Waals surface area contributed by atoms with Gasteiger partial charge >= 0.3 is 5.97 Å². The molecule has 0 unspecified atom stereocenters. The number of aliphatic hydroxyl groups is 1. The van der Waals surface area contributed by atoms with E-state index in [0.29, 0.717) is 18.7 Å². The van der Waals surface area contributed by atoms with Gasteiger partial charge in [0, 0.05) is 6.54 Å². The van der Waals surface area contributed by atoms with Crippen LogP contribution < -0.4 is 0 Å². The molecule has 7 heteroatoms. The number of carboxylic acid groups (broad SMARTS) is 1. The lowest BCUT2D eigenvalue weighted by Gasteiger charge is -2.17.